The van der Waals surface area contributed by atoms with E-state index in [1.54, 1.807) is 34.1 Å². The van der Waals surface area contributed by atoms with E-state index >= 15 is 0 Å². The summed E-state index contributed by atoms with van der Waals surface area (Å²) < 4.78 is 5.58. The summed E-state index contributed by atoms with van der Waals surface area (Å²) in [4.78, 5) is 50.2. The van der Waals surface area contributed by atoms with Crippen LogP contribution in [0.1, 0.15) is 84.6 Å². The second kappa shape index (κ2) is 14.4. The molecular formula is C29H45N3O6. The van der Waals surface area contributed by atoms with E-state index in [2.05, 4.69) is 20.8 Å². The van der Waals surface area contributed by atoms with Gasteiger partial charge < -0.3 is 19.6 Å². The zero-order chi connectivity index (χ0) is 27.7. The van der Waals surface area contributed by atoms with Crippen LogP contribution in [0, 0.1) is 5.92 Å². The highest BCUT2D eigenvalue weighted by atomic mass is 16.7. The van der Waals surface area contributed by atoms with Crippen molar-refractivity contribution in [2.45, 2.75) is 104 Å². The number of piperazine rings is 1. The summed E-state index contributed by atoms with van der Waals surface area (Å²) in [6, 6.07) is 5.87. The zero-order valence-corrected chi connectivity index (χ0v) is 23.4. The monoisotopic (exact) mass is 531 g/mol. The molecule has 0 aromatic heterocycles. The van der Waals surface area contributed by atoms with Crippen LogP contribution in [0.2, 0.25) is 0 Å². The summed E-state index contributed by atoms with van der Waals surface area (Å²) >= 11 is 0. The highest BCUT2D eigenvalue weighted by Crippen LogP contribution is 2.31. The first-order valence-corrected chi connectivity index (χ1v) is 14.3. The smallest absolute Gasteiger partial charge is 0.436 e. The van der Waals surface area contributed by atoms with Gasteiger partial charge in [0, 0.05) is 13.0 Å². The average molecular weight is 532 g/mol. The predicted octanol–water partition coefficient (Wildman–Crippen LogP) is 4.87. The highest BCUT2D eigenvalue weighted by Gasteiger charge is 2.53. The molecule has 0 saturated carbocycles. The normalized spacial score (nSPS) is 21.7. The van der Waals surface area contributed by atoms with Crippen LogP contribution in [0.15, 0.2) is 24.3 Å². The Morgan fingerprint density at radius 3 is 2.42 bits per heavy atom. The van der Waals surface area contributed by atoms with E-state index in [9.17, 15) is 19.5 Å². The second-order valence-electron chi connectivity index (χ2n) is 10.8. The van der Waals surface area contributed by atoms with Crippen molar-refractivity contribution < 1.29 is 29.1 Å². The van der Waals surface area contributed by atoms with Gasteiger partial charge in [0.05, 0.1) is 13.2 Å². The van der Waals surface area contributed by atoms with Gasteiger partial charge in [-0.2, -0.15) is 5.06 Å². The Hall–Kier alpha value is -2.81. The Morgan fingerprint density at radius 1 is 1.05 bits per heavy atom. The standard InChI is InChI=1S/C29H45N3O6/c1-5-7-9-10-18-37-29(36)32-26-20-30(17-16-21(3)4)27(34)24(19-22-12-14-23(33)15-13-22)31(26)28(35)25(38-32)11-8-6-2/h12-15,21,24-26,33H,5-11,16-20H2,1-4H3/t24-,25+,26?/m0/s1. The van der Waals surface area contributed by atoms with Crippen molar-refractivity contribution in [3.05, 3.63) is 29.8 Å². The van der Waals surface area contributed by atoms with Crippen molar-refractivity contribution in [3.63, 3.8) is 0 Å². The van der Waals surface area contributed by atoms with Crippen LogP contribution in [0.3, 0.4) is 0 Å². The van der Waals surface area contributed by atoms with Crippen molar-refractivity contribution in [2.75, 3.05) is 19.7 Å². The van der Waals surface area contributed by atoms with E-state index < -0.39 is 24.4 Å². The summed E-state index contributed by atoms with van der Waals surface area (Å²) in [6.07, 6.45) is 4.84. The number of hydroxylamine groups is 2. The number of hydrogen-bond acceptors (Lipinski definition) is 6. The molecule has 1 N–H and O–H groups in total. The number of aromatic hydroxyl groups is 1. The van der Waals surface area contributed by atoms with Gasteiger partial charge in [0.2, 0.25) is 5.91 Å². The maximum atomic E-state index is 13.8. The number of fused-ring (bicyclic) bond motifs is 1. The van der Waals surface area contributed by atoms with Crippen molar-refractivity contribution in [1.82, 2.24) is 14.9 Å². The van der Waals surface area contributed by atoms with Crippen molar-refractivity contribution >= 4 is 17.9 Å². The van der Waals surface area contributed by atoms with Crippen molar-refractivity contribution in [2.24, 2.45) is 5.92 Å². The number of ether oxygens (including phenoxy) is 1. The fourth-order valence-corrected chi connectivity index (χ4v) is 4.96. The minimum absolute atomic E-state index is 0.132. The van der Waals surface area contributed by atoms with E-state index in [0.717, 1.165) is 50.5 Å². The Kier molecular flexibility index (Phi) is 11.2. The minimum Gasteiger partial charge on any atom is -0.508 e. The number of hydrogen-bond donors (Lipinski definition) is 1. The Bertz CT molecular complexity index is 921. The number of phenolic OH excluding ortho intramolecular Hbond substituents is 1. The molecule has 2 saturated heterocycles. The van der Waals surface area contributed by atoms with Crippen LogP contribution in [0.4, 0.5) is 4.79 Å². The number of carbonyl (C=O) groups excluding carboxylic acids is 3. The molecule has 0 aliphatic carbocycles. The van der Waals surface area contributed by atoms with Crippen LogP contribution in [-0.2, 0) is 25.6 Å². The third kappa shape index (κ3) is 7.62. The summed E-state index contributed by atoms with van der Waals surface area (Å²) in [5.41, 5.74) is 0.820. The van der Waals surface area contributed by atoms with E-state index in [1.807, 2.05) is 6.92 Å². The van der Waals surface area contributed by atoms with Crippen LogP contribution in [0.25, 0.3) is 0 Å². The van der Waals surface area contributed by atoms with Crippen LogP contribution in [0.5, 0.6) is 5.75 Å². The lowest BCUT2D eigenvalue weighted by atomic mass is 9.97. The lowest BCUT2D eigenvalue weighted by Crippen LogP contribution is -2.73. The molecular weight excluding hydrogens is 486 g/mol. The molecule has 1 aromatic carbocycles. The first-order chi connectivity index (χ1) is 18.3. The van der Waals surface area contributed by atoms with Gasteiger partial charge in [-0.25, -0.2) is 4.79 Å². The van der Waals surface area contributed by atoms with Gasteiger partial charge in [-0.15, -0.1) is 0 Å². The van der Waals surface area contributed by atoms with Crippen LogP contribution in [-0.4, -0.2) is 75.9 Å². The Labute approximate surface area is 227 Å². The number of phenols is 1. The Balaban J connectivity index is 1.91. The largest absolute Gasteiger partial charge is 0.508 e. The number of unbranched alkanes of at least 4 members (excludes halogenated alkanes) is 4. The topological polar surface area (TPSA) is 99.6 Å². The molecule has 2 aliphatic rings. The Morgan fingerprint density at radius 2 is 1.76 bits per heavy atom. The highest BCUT2D eigenvalue weighted by molar-refractivity contribution is 5.92. The minimum atomic E-state index is -0.851. The number of carbonyl (C=O) groups is 3. The van der Waals surface area contributed by atoms with Gasteiger partial charge in [-0.05, 0) is 42.9 Å². The summed E-state index contributed by atoms with van der Waals surface area (Å²) in [7, 11) is 0. The van der Waals surface area contributed by atoms with E-state index in [4.69, 9.17) is 9.57 Å². The maximum absolute atomic E-state index is 13.8. The second-order valence-corrected chi connectivity index (χ2v) is 10.8. The zero-order valence-electron chi connectivity index (χ0n) is 23.4. The van der Waals surface area contributed by atoms with Crippen molar-refractivity contribution in [1.29, 1.82) is 0 Å². The van der Waals surface area contributed by atoms with Gasteiger partial charge in [0.1, 0.15) is 11.8 Å². The number of rotatable bonds is 13. The SMILES string of the molecule is CCCCCCOC(=O)N1O[C@H](CCCC)C(=O)N2C1CN(CCC(C)C)C(=O)[C@@H]2Cc1ccc(O)cc1. The average Bonchev–Trinajstić information content (AvgIpc) is 2.89. The predicted molar refractivity (Wildman–Crippen MR) is 144 cm³/mol. The van der Waals surface area contributed by atoms with E-state index in [0.29, 0.717) is 18.9 Å². The molecule has 0 radical (unpaired) electrons. The molecule has 0 spiro atoms. The first-order valence-electron chi connectivity index (χ1n) is 14.3. The summed E-state index contributed by atoms with van der Waals surface area (Å²) in [5.74, 6) is 0.127. The van der Waals surface area contributed by atoms with Crippen molar-refractivity contribution in [3.8, 4) is 5.75 Å². The number of amides is 3. The molecule has 2 fully saturated rings. The van der Waals surface area contributed by atoms with Gasteiger partial charge >= 0.3 is 6.09 Å². The molecule has 38 heavy (non-hydrogen) atoms. The number of benzene rings is 1. The van der Waals surface area contributed by atoms with Gasteiger partial charge in [0.25, 0.3) is 5.91 Å². The fraction of sp³-hybridized carbons (Fsp3) is 0.690. The van der Waals surface area contributed by atoms with Gasteiger partial charge in [-0.1, -0.05) is 71.9 Å². The molecule has 9 nitrogen and oxygen atoms in total. The molecule has 3 atom stereocenters. The van der Waals surface area contributed by atoms with E-state index in [1.165, 1.54) is 5.06 Å². The molecule has 1 unspecified atom stereocenters. The fourth-order valence-electron chi connectivity index (χ4n) is 4.96. The molecule has 2 heterocycles. The molecule has 3 amide bonds. The molecule has 9 heteroatoms. The lowest BCUT2D eigenvalue weighted by molar-refractivity contribution is -0.267. The third-order valence-electron chi connectivity index (χ3n) is 7.24. The molecule has 0 bridgehead atoms. The van der Waals surface area contributed by atoms with E-state index in [-0.39, 0.29) is 37.1 Å². The van der Waals surface area contributed by atoms with Gasteiger partial charge in [0.15, 0.2) is 12.3 Å². The summed E-state index contributed by atoms with van der Waals surface area (Å²) in [5, 5.41) is 10.9. The number of nitrogens with zero attached hydrogens (tertiary/aromatic N) is 3. The third-order valence-corrected chi connectivity index (χ3v) is 7.24. The maximum Gasteiger partial charge on any atom is 0.436 e. The van der Waals surface area contributed by atoms with Gasteiger partial charge in [-0.3, -0.25) is 14.4 Å². The molecule has 2 aliphatic heterocycles. The van der Waals surface area contributed by atoms with Crippen LogP contribution < -0.4 is 0 Å². The molecule has 212 valence electrons. The lowest BCUT2D eigenvalue weighted by Gasteiger charge is -2.52. The van der Waals surface area contributed by atoms with Crippen LogP contribution >= 0.6 is 0 Å². The summed E-state index contributed by atoms with van der Waals surface area (Å²) in [6.45, 7) is 9.34. The first kappa shape index (κ1) is 29.7. The molecule has 1 aromatic rings. The quantitative estimate of drug-likeness (QED) is 0.365. The molecule has 3 rings (SSSR count).